The number of aryl methyl sites for hydroxylation is 3. The number of rotatable bonds is 14. The summed E-state index contributed by atoms with van der Waals surface area (Å²) in [4.78, 5) is 78.2. The lowest BCUT2D eigenvalue weighted by Gasteiger charge is -2.15. The minimum absolute atomic E-state index is 0.0417. The van der Waals surface area contributed by atoms with Crippen molar-refractivity contribution >= 4 is 48.9 Å². The number of hydrogen-bond donors (Lipinski definition) is 2. The molecule has 0 aliphatic rings. The number of nitrogens with zero attached hydrogens (tertiary/aromatic N) is 10. The summed E-state index contributed by atoms with van der Waals surface area (Å²) in [6.45, 7) is 5.86. The van der Waals surface area contributed by atoms with E-state index in [1.54, 1.807) is 43.3 Å². The Morgan fingerprint density at radius 1 is 0.557 bits per heavy atom. The fraction of sp³-hybridized carbons (Fsp3) is 0.148. The molecule has 0 aliphatic carbocycles. The van der Waals surface area contributed by atoms with E-state index in [1.165, 1.54) is 30.4 Å². The van der Waals surface area contributed by atoms with E-state index in [-0.39, 0.29) is 53.5 Å². The first kappa shape index (κ1) is 55.0. The topological polar surface area (TPSA) is 270 Å². The van der Waals surface area contributed by atoms with Gasteiger partial charge in [-0.15, -0.1) is 14.2 Å². The van der Waals surface area contributed by atoms with Gasteiger partial charge in [0.15, 0.2) is 22.7 Å². The lowest BCUT2D eigenvalue weighted by atomic mass is 10.1. The van der Waals surface area contributed by atoms with Crippen molar-refractivity contribution in [2.75, 3.05) is 5.32 Å². The molecule has 10 aromatic rings. The van der Waals surface area contributed by atoms with Crippen molar-refractivity contribution in [3.63, 3.8) is 0 Å². The van der Waals surface area contributed by atoms with Gasteiger partial charge in [0.25, 0.3) is 16.7 Å². The lowest BCUT2D eigenvalue weighted by Crippen LogP contribution is -2.31. The molecule has 0 unspecified atom stereocenters. The lowest BCUT2D eigenvalue weighted by molar-refractivity contribution is -0.0499. The number of nitrogens with one attached hydrogen (secondary N) is 1. The van der Waals surface area contributed by atoms with Crippen LogP contribution >= 0.6 is 0 Å². The Morgan fingerprint density at radius 2 is 0.975 bits per heavy atom. The zero-order chi connectivity index (χ0) is 56.3. The SMILES string of the molecule is Cc1ncnc2c1c(NCc1cccc(C#N)c1)cc(=O)n2OCc1ccccc1.Cc1ncnc2c1c(O)cc(=O)n2OCc1ccccc1.Cc1ncnc2c1c(OS(=O)(=O)C(F)(F)F)cc(=O)n2OCc1ccccc1. The van der Waals surface area contributed by atoms with E-state index in [9.17, 15) is 41.1 Å². The van der Waals surface area contributed by atoms with Gasteiger partial charge in [-0.05, 0) is 55.2 Å². The second-order valence-electron chi connectivity index (χ2n) is 16.9. The van der Waals surface area contributed by atoms with Gasteiger partial charge in [0.05, 0.1) is 56.6 Å². The first-order valence-corrected chi connectivity index (χ1v) is 24.9. The van der Waals surface area contributed by atoms with Crippen molar-refractivity contribution in [1.82, 2.24) is 44.1 Å². The highest BCUT2D eigenvalue weighted by molar-refractivity contribution is 7.88. The fourth-order valence-corrected chi connectivity index (χ4v) is 8.10. The minimum Gasteiger partial charge on any atom is -0.507 e. The van der Waals surface area contributed by atoms with Gasteiger partial charge < -0.3 is 29.1 Å². The van der Waals surface area contributed by atoms with Crippen molar-refractivity contribution in [2.45, 2.75) is 52.6 Å². The van der Waals surface area contributed by atoms with E-state index in [1.807, 2.05) is 85.8 Å². The Bertz CT molecular complexity index is 4170. The maximum Gasteiger partial charge on any atom is 0.534 e. The minimum atomic E-state index is -5.99. The third kappa shape index (κ3) is 13.1. The molecule has 25 heteroatoms. The number of pyridine rings is 3. The molecule has 79 heavy (non-hydrogen) atoms. The summed E-state index contributed by atoms with van der Waals surface area (Å²) in [7, 11) is -5.99. The van der Waals surface area contributed by atoms with Crippen LogP contribution in [0.4, 0.5) is 18.9 Å². The van der Waals surface area contributed by atoms with Gasteiger partial charge in [0.1, 0.15) is 44.6 Å². The van der Waals surface area contributed by atoms with E-state index < -0.39 is 32.5 Å². The third-order valence-corrected chi connectivity index (χ3v) is 12.4. The van der Waals surface area contributed by atoms with E-state index in [4.69, 9.17) is 19.8 Å². The molecule has 10 rings (SSSR count). The maximum atomic E-state index is 12.8. The highest BCUT2D eigenvalue weighted by Crippen LogP contribution is 2.31. The summed E-state index contributed by atoms with van der Waals surface area (Å²) < 4.78 is 67.9. The van der Waals surface area contributed by atoms with Crippen LogP contribution < -0.4 is 40.7 Å². The Hall–Kier alpha value is -10.2. The summed E-state index contributed by atoms with van der Waals surface area (Å²) >= 11 is 0. The zero-order valence-electron chi connectivity index (χ0n) is 41.9. The van der Waals surface area contributed by atoms with Crippen LogP contribution in [0.15, 0.2) is 167 Å². The molecule has 0 bridgehead atoms. The molecule has 6 aromatic heterocycles. The molecule has 21 nitrogen and oxygen atoms in total. The van der Waals surface area contributed by atoms with Crippen molar-refractivity contribution in [1.29, 1.82) is 5.26 Å². The summed E-state index contributed by atoms with van der Waals surface area (Å²) in [5.41, 5.74) is -0.887. The maximum absolute atomic E-state index is 12.8. The number of benzene rings is 4. The van der Waals surface area contributed by atoms with Crippen LogP contribution in [-0.4, -0.2) is 63.1 Å². The van der Waals surface area contributed by atoms with E-state index in [2.05, 4.69) is 45.5 Å². The molecule has 0 radical (unpaired) electrons. The molecule has 402 valence electrons. The van der Waals surface area contributed by atoms with Gasteiger partial charge in [-0.3, -0.25) is 14.4 Å². The Morgan fingerprint density at radius 3 is 1.46 bits per heavy atom. The molecule has 4 aromatic carbocycles. The van der Waals surface area contributed by atoms with E-state index in [0.29, 0.717) is 51.5 Å². The van der Waals surface area contributed by atoms with Crippen molar-refractivity contribution < 1.29 is 45.4 Å². The first-order chi connectivity index (χ1) is 37.9. The van der Waals surface area contributed by atoms with Crippen LogP contribution in [0, 0.1) is 32.1 Å². The van der Waals surface area contributed by atoms with Crippen LogP contribution in [0.2, 0.25) is 0 Å². The molecule has 2 N–H and O–H groups in total. The summed E-state index contributed by atoms with van der Waals surface area (Å²) in [6, 6.07) is 40.5. The van der Waals surface area contributed by atoms with Crippen LogP contribution in [0.5, 0.6) is 11.5 Å². The van der Waals surface area contributed by atoms with Crippen molar-refractivity contribution in [3.05, 3.63) is 228 Å². The van der Waals surface area contributed by atoms with Crippen LogP contribution in [0.25, 0.3) is 33.1 Å². The standard InChI is InChI=1S/C23H19N5O2.C16H12F3N3O5S.C15H13N3O3/c1-16-22-20(25-13-19-9-5-8-18(10-19)12-24)11-21(29)28(23(22)27-15-26-16)30-14-17-6-3-2-4-7-17;1-10-14-12(27-28(24,25)16(17,18)19)7-13(23)22(15(14)21-9-20-10)26-8-11-5-3-2-4-6-11;1-10-14-12(19)7-13(20)18(15(14)17-9-16-10)21-8-11-5-3-2-4-6-11/h2-11,15,25H,13-14H2,1H3;2-7,9H,8H2,1H3;2-7,9,19H,8H2,1H3. The van der Waals surface area contributed by atoms with Crippen molar-refractivity contribution in [3.8, 4) is 17.6 Å². The molecule has 0 saturated carbocycles. The number of aromatic nitrogens is 9. The molecule has 0 spiro atoms. The monoisotopic (exact) mass is 1100 g/mol. The van der Waals surface area contributed by atoms with Crippen LogP contribution in [0.1, 0.15) is 44.9 Å². The Kier molecular flexibility index (Phi) is 16.8. The Labute approximate surface area is 446 Å². The number of nitriles is 1. The third-order valence-electron chi connectivity index (χ3n) is 11.4. The van der Waals surface area contributed by atoms with E-state index >= 15 is 0 Å². The second kappa shape index (κ2) is 24.2. The number of fused-ring (bicyclic) bond motifs is 3. The molecule has 0 amide bonds. The van der Waals surface area contributed by atoms with Crippen molar-refractivity contribution in [2.24, 2.45) is 0 Å². The molecule has 0 aliphatic heterocycles. The number of halogens is 3. The summed E-state index contributed by atoms with van der Waals surface area (Å²) in [5, 5.41) is 23.2. The first-order valence-electron chi connectivity index (χ1n) is 23.5. The highest BCUT2D eigenvalue weighted by atomic mass is 32.2. The van der Waals surface area contributed by atoms with Gasteiger partial charge in [-0.25, -0.2) is 29.9 Å². The normalized spacial score (nSPS) is 11.2. The van der Waals surface area contributed by atoms with E-state index in [0.717, 1.165) is 44.2 Å². The number of alkyl halides is 3. The summed E-state index contributed by atoms with van der Waals surface area (Å²) in [5.74, 6) is -0.984. The zero-order valence-corrected chi connectivity index (χ0v) is 42.7. The average molecular weight is 1100 g/mol. The molecular formula is C54H44F3N11O10S. The average Bonchev–Trinajstić information content (AvgIpc) is 3.55. The number of aromatic hydroxyl groups is 1. The van der Waals surface area contributed by atoms with Gasteiger partial charge in [0.2, 0.25) is 0 Å². The van der Waals surface area contributed by atoms with Gasteiger partial charge in [0, 0.05) is 18.7 Å². The van der Waals surface area contributed by atoms with Crippen LogP contribution in [0.3, 0.4) is 0 Å². The van der Waals surface area contributed by atoms with Crippen LogP contribution in [-0.2, 0) is 36.5 Å². The predicted molar refractivity (Wildman–Crippen MR) is 282 cm³/mol. The molecule has 0 saturated heterocycles. The predicted octanol–water partition coefficient (Wildman–Crippen LogP) is 6.60. The largest absolute Gasteiger partial charge is 0.534 e. The van der Waals surface area contributed by atoms with Gasteiger partial charge in [-0.1, -0.05) is 103 Å². The molecule has 0 atom stereocenters. The molecular weight excluding hydrogens is 1050 g/mol. The highest BCUT2D eigenvalue weighted by Gasteiger charge is 2.49. The van der Waals surface area contributed by atoms with Gasteiger partial charge in [-0.2, -0.15) is 26.9 Å². The fourth-order valence-electron chi connectivity index (χ4n) is 7.64. The van der Waals surface area contributed by atoms with Gasteiger partial charge >= 0.3 is 15.6 Å². The summed E-state index contributed by atoms with van der Waals surface area (Å²) in [6.07, 6.45) is 3.81. The number of hydrogen-bond acceptors (Lipinski definition) is 18. The second-order valence-corrected chi connectivity index (χ2v) is 18.4. The number of anilines is 1. The molecule has 6 heterocycles. The molecule has 0 fully saturated rings. The quantitative estimate of drug-likeness (QED) is 0.0857. The Balaban J connectivity index is 0.000000158. The smallest absolute Gasteiger partial charge is 0.507 e.